The van der Waals surface area contributed by atoms with Crippen molar-refractivity contribution in [1.82, 2.24) is 15.3 Å². The molecule has 1 N–H and O–H groups in total. The quantitative estimate of drug-likeness (QED) is 0.925. The van der Waals surface area contributed by atoms with Crippen LogP contribution in [0.5, 0.6) is 0 Å². The molecule has 2 heterocycles. The number of hydrogen-bond donors (Lipinski definition) is 1. The van der Waals surface area contributed by atoms with Gasteiger partial charge in [0.05, 0.1) is 5.69 Å². The smallest absolute Gasteiger partial charge is 0.130 e. The van der Waals surface area contributed by atoms with Crippen LogP contribution in [0.2, 0.25) is 0 Å². The molecule has 0 aliphatic carbocycles. The van der Waals surface area contributed by atoms with E-state index in [2.05, 4.69) is 41.5 Å². The molecule has 0 saturated carbocycles. The Balaban J connectivity index is 1.78. The van der Waals surface area contributed by atoms with Gasteiger partial charge in [-0.3, -0.25) is 0 Å². The third-order valence-corrected chi connectivity index (χ3v) is 3.95. The van der Waals surface area contributed by atoms with Gasteiger partial charge in [-0.05, 0) is 37.4 Å². The third-order valence-electron chi connectivity index (χ3n) is 3.95. The molecule has 104 valence electrons. The molecular weight excluding hydrogens is 246 g/mol. The lowest BCUT2D eigenvalue weighted by Crippen LogP contribution is -2.24. The molecule has 1 unspecified atom stereocenters. The van der Waals surface area contributed by atoms with Gasteiger partial charge in [0, 0.05) is 24.2 Å². The highest BCUT2D eigenvalue weighted by Gasteiger charge is 2.15. The van der Waals surface area contributed by atoms with Crippen molar-refractivity contribution in [3.05, 3.63) is 47.9 Å². The Morgan fingerprint density at radius 2 is 2.05 bits per heavy atom. The van der Waals surface area contributed by atoms with E-state index >= 15 is 0 Å². The Kier molecular flexibility index (Phi) is 4.07. The van der Waals surface area contributed by atoms with Gasteiger partial charge in [0.15, 0.2) is 0 Å². The topological polar surface area (TPSA) is 37.8 Å². The van der Waals surface area contributed by atoms with Crippen molar-refractivity contribution in [3.8, 4) is 11.3 Å². The molecule has 20 heavy (non-hydrogen) atoms. The van der Waals surface area contributed by atoms with Crippen molar-refractivity contribution in [1.29, 1.82) is 0 Å². The van der Waals surface area contributed by atoms with E-state index in [4.69, 9.17) is 4.98 Å². The van der Waals surface area contributed by atoms with Gasteiger partial charge in [-0.15, -0.1) is 0 Å². The van der Waals surface area contributed by atoms with Crippen LogP contribution in [0, 0.1) is 0 Å². The largest absolute Gasteiger partial charge is 0.314 e. The van der Waals surface area contributed by atoms with Gasteiger partial charge in [0.2, 0.25) is 0 Å². The van der Waals surface area contributed by atoms with Crippen molar-refractivity contribution >= 4 is 0 Å². The van der Waals surface area contributed by atoms with Crippen LogP contribution >= 0.6 is 0 Å². The Morgan fingerprint density at radius 1 is 1.20 bits per heavy atom. The fraction of sp³-hybridized carbons (Fsp3) is 0.412. The SMILES string of the molecule is CCc1ccc(-c2ccnc(CC3CCCN3)n2)cc1. The minimum atomic E-state index is 0.549. The van der Waals surface area contributed by atoms with Gasteiger partial charge in [-0.25, -0.2) is 9.97 Å². The summed E-state index contributed by atoms with van der Waals surface area (Å²) in [7, 11) is 0. The number of benzene rings is 1. The number of nitrogens with zero attached hydrogens (tertiary/aromatic N) is 2. The Morgan fingerprint density at radius 3 is 2.75 bits per heavy atom. The Bertz CT molecular complexity index is 557. The maximum atomic E-state index is 4.71. The van der Waals surface area contributed by atoms with Gasteiger partial charge in [-0.2, -0.15) is 0 Å². The van der Waals surface area contributed by atoms with Gasteiger partial charge in [0.1, 0.15) is 5.82 Å². The first-order valence-electron chi connectivity index (χ1n) is 7.50. The summed E-state index contributed by atoms with van der Waals surface area (Å²) in [6.45, 7) is 3.30. The van der Waals surface area contributed by atoms with Crippen LogP contribution in [0.1, 0.15) is 31.2 Å². The summed E-state index contributed by atoms with van der Waals surface area (Å²) in [5, 5.41) is 3.50. The first kappa shape index (κ1) is 13.3. The molecule has 3 nitrogen and oxygen atoms in total. The number of aromatic nitrogens is 2. The molecule has 0 spiro atoms. The molecule has 1 aromatic carbocycles. The summed E-state index contributed by atoms with van der Waals surface area (Å²) in [4.78, 5) is 9.12. The van der Waals surface area contributed by atoms with Crippen LogP contribution in [-0.4, -0.2) is 22.6 Å². The number of nitrogens with one attached hydrogen (secondary N) is 1. The molecule has 0 bridgehead atoms. The van der Waals surface area contributed by atoms with E-state index in [1.807, 2.05) is 12.3 Å². The predicted octanol–water partition coefficient (Wildman–Crippen LogP) is 3.00. The zero-order valence-electron chi connectivity index (χ0n) is 12.0. The molecule has 1 fully saturated rings. The van der Waals surface area contributed by atoms with E-state index in [9.17, 15) is 0 Å². The van der Waals surface area contributed by atoms with Gasteiger partial charge < -0.3 is 5.32 Å². The van der Waals surface area contributed by atoms with Gasteiger partial charge >= 0.3 is 0 Å². The maximum Gasteiger partial charge on any atom is 0.130 e. The molecule has 1 aliphatic rings. The summed E-state index contributed by atoms with van der Waals surface area (Å²) >= 11 is 0. The van der Waals surface area contributed by atoms with Gasteiger partial charge in [-0.1, -0.05) is 31.2 Å². The van der Waals surface area contributed by atoms with E-state index in [0.29, 0.717) is 6.04 Å². The minimum Gasteiger partial charge on any atom is -0.314 e. The number of aryl methyl sites for hydroxylation is 1. The molecule has 1 saturated heterocycles. The normalized spacial score (nSPS) is 18.4. The van der Waals surface area contributed by atoms with Crippen molar-refractivity contribution in [2.24, 2.45) is 0 Å². The standard InChI is InChI=1S/C17H21N3/c1-2-13-5-7-14(8-6-13)16-9-11-19-17(20-16)12-15-4-3-10-18-15/h5-9,11,15,18H,2-4,10,12H2,1H3. The Hall–Kier alpha value is -1.74. The molecular formula is C17H21N3. The molecule has 2 aromatic rings. The van der Waals surface area contributed by atoms with Crippen LogP contribution < -0.4 is 5.32 Å². The van der Waals surface area contributed by atoms with Crippen LogP contribution in [0.25, 0.3) is 11.3 Å². The van der Waals surface area contributed by atoms with Crippen molar-refractivity contribution in [2.45, 2.75) is 38.6 Å². The summed E-state index contributed by atoms with van der Waals surface area (Å²) in [5.74, 6) is 0.946. The molecule has 3 rings (SSSR count). The monoisotopic (exact) mass is 267 g/mol. The summed E-state index contributed by atoms with van der Waals surface area (Å²) in [5.41, 5.74) is 3.55. The van der Waals surface area contributed by atoms with Crippen molar-refractivity contribution in [3.63, 3.8) is 0 Å². The highest BCUT2D eigenvalue weighted by atomic mass is 15.0. The molecule has 0 radical (unpaired) electrons. The van der Waals surface area contributed by atoms with Crippen molar-refractivity contribution < 1.29 is 0 Å². The lowest BCUT2D eigenvalue weighted by molar-refractivity contribution is 0.585. The average Bonchev–Trinajstić information content (AvgIpc) is 3.01. The fourth-order valence-corrected chi connectivity index (χ4v) is 2.72. The van der Waals surface area contributed by atoms with E-state index in [1.165, 1.54) is 24.0 Å². The average molecular weight is 267 g/mol. The molecule has 1 aromatic heterocycles. The third kappa shape index (κ3) is 3.05. The first-order valence-corrected chi connectivity index (χ1v) is 7.50. The molecule has 1 aliphatic heterocycles. The predicted molar refractivity (Wildman–Crippen MR) is 81.6 cm³/mol. The second-order valence-corrected chi connectivity index (χ2v) is 5.41. The summed E-state index contributed by atoms with van der Waals surface area (Å²) in [6, 6.07) is 11.2. The summed E-state index contributed by atoms with van der Waals surface area (Å²) < 4.78 is 0. The lowest BCUT2D eigenvalue weighted by atomic mass is 10.1. The lowest BCUT2D eigenvalue weighted by Gasteiger charge is -2.09. The highest BCUT2D eigenvalue weighted by molar-refractivity contribution is 5.59. The van der Waals surface area contributed by atoms with E-state index < -0.39 is 0 Å². The highest BCUT2D eigenvalue weighted by Crippen LogP contribution is 2.18. The molecule has 1 atom stereocenters. The molecule has 0 amide bonds. The number of hydrogen-bond acceptors (Lipinski definition) is 3. The minimum absolute atomic E-state index is 0.549. The number of rotatable bonds is 4. The zero-order valence-corrected chi connectivity index (χ0v) is 12.0. The van der Waals surface area contributed by atoms with E-state index in [1.54, 1.807) is 0 Å². The van der Waals surface area contributed by atoms with E-state index in [-0.39, 0.29) is 0 Å². The van der Waals surface area contributed by atoms with Crippen LogP contribution in [0.4, 0.5) is 0 Å². The molecule has 3 heteroatoms. The van der Waals surface area contributed by atoms with Crippen molar-refractivity contribution in [2.75, 3.05) is 6.54 Å². The second kappa shape index (κ2) is 6.14. The maximum absolute atomic E-state index is 4.71. The first-order chi connectivity index (χ1) is 9.85. The van der Waals surface area contributed by atoms with Crippen LogP contribution in [0.3, 0.4) is 0 Å². The van der Waals surface area contributed by atoms with Crippen LogP contribution in [-0.2, 0) is 12.8 Å². The fourth-order valence-electron chi connectivity index (χ4n) is 2.72. The second-order valence-electron chi connectivity index (χ2n) is 5.41. The van der Waals surface area contributed by atoms with E-state index in [0.717, 1.165) is 30.9 Å². The summed E-state index contributed by atoms with van der Waals surface area (Å²) in [6.07, 6.45) is 6.38. The van der Waals surface area contributed by atoms with Gasteiger partial charge in [0.25, 0.3) is 0 Å². The zero-order chi connectivity index (χ0) is 13.8. The Labute approximate surface area is 120 Å². The van der Waals surface area contributed by atoms with Crippen LogP contribution in [0.15, 0.2) is 36.5 Å².